The smallest absolute Gasteiger partial charge is 0.326 e. The standard InChI is InChI=1S/C19H22N4O3/c1-12-8-14(22-11-20-10-21-22)6-7-15(12)18(24)23-16-5-3-2-4-13(16)9-17(23)19(25)26/h6-8,10-11,13,16-17H,2-5,9H2,1H3,(H,25,26)/t13-,16-,17-/m0/s1. The molecule has 1 aliphatic heterocycles. The monoisotopic (exact) mass is 354 g/mol. The number of carbonyl (C=O) groups excluding carboxylic acids is 1. The van der Waals surface area contributed by atoms with Gasteiger partial charge >= 0.3 is 5.97 Å². The van der Waals surface area contributed by atoms with E-state index in [1.54, 1.807) is 22.0 Å². The summed E-state index contributed by atoms with van der Waals surface area (Å²) < 4.78 is 1.63. The number of aliphatic carboxylic acids is 1. The summed E-state index contributed by atoms with van der Waals surface area (Å²) in [5, 5.41) is 13.8. The number of fused-ring (bicyclic) bond motifs is 1. The molecule has 1 aromatic carbocycles. The molecule has 1 amide bonds. The summed E-state index contributed by atoms with van der Waals surface area (Å²) in [4.78, 5) is 30.6. The molecule has 3 atom stereocenters. The highest BCUT2D eigenvalue weighted by atomic mass is 16.4. The average molecular weight is 354 g/mol. The van der Waals surface area contributed by atoms with E-state index in [-0.39, 0.29) is 11.9 Å². The third-order valence-electron chi connectivity index (χ3n) is 5.73. The van der Waals surface area contributed by atoms with Gasteiger partial charge in [-0.15, -0.1) is 0 Å². The molecule has 7 nitrogen and oxygen atoms in total. The van der Waals surface area contributed by atoms with Crippen LogP contribution in [0.4, 0.5) is 0 Å². The van der Waals surface area contributed by atoms with Crippen molar-refractivity contribution in [3.05, 3.63) is 42.0 Å². The zero-order valence-electron chi connectivity index (χ0n) is 14.7. The minimum atomic E-state index is -0.898. The molecule has 2 heterocycles. The Hall–Kier alpha value is -2.70. The number of rotatable bonds is 3. The number of hydrogen-bond donors (Lipinski definition) is 1. The predicted molar refractivity (Wildman–Crippen MR) is 94.1 cm³/mol. The van der Waals surface area contributed by atoms with Crippen LogP contribution >= 0.6 is 0 Å². The second-order valence-electron chi connectivity index (χ2n) is 7.25. The lowest BCUT2D eigenvalue weighted by Gasteiger charge is -2.33. The quantitative estimate of drug-likeness (QED) is 0.914. The molecule has 136 valence electrons. The molecule has 1 N–H and O–H groups in total. The molecule has 2 aromatic rings. The van der Waals surface area contributed by atoms with Gasteiger partial charge in [-0.1, -0.05) is 12.8 Å². The summed E-state index contributed by atoms with van der Waals surface area (Å²) in [6.45, 7) is 1.87. The first-order chi connectivity index (χ1) is 12.6. The molecule has 1 aromatic heterocycles. The Kier molecular flexibility index (Phi) is 4.22. The van der Waals surface area contributed by atoms with E-state index in [1.165, 1.54) is 6.33 Å². The molecule has 2 aliphatic rings. The van der Waals surface area contributed by atoms with Crippen LogP contribution in [0.15, 0.2) is 30.9 Å². The van der Waals surface area contributed by atoms with Crippen molar-refractivity contribution < 1.29 is 14.7 Å². The summed E-state index contributed by atoms with van der Waals surface area (Å²) in [5.41, 5.74) is 2.20. The van der Waals surface area contributed by atoms with Gasteiger partial charge in [-0.05, 0) is 55.9 Å². The van der Waals surface area contributed by atoms with Gasteiger partial charge in [0, 0.05) is 11.6 Å². The van der Waals surface area contributed by atoms with Gasteiger partial charge in [-0.2, -0.15) is 5.10 Å². The molecule has 0 spiro atoms. The van der Waals surface area contributed by atoms with Gasteiger partial charge in [0.05, 0.1) is 5.69 Å². The lowest BCUT2D eigenvalue weighted by atomic mass is 9.84. The fourth-order valence-corrected chi connectivity index (χ4v) is 4.48. The third-order valence-corrected chi connectivity index (χ3v) is 5.73. The SMILES string of the molecule is Cc1cc(-n2cncn2)ccc1C(=O)N1[C@H](C(=O)O)C[C@@H]2CCCC[C@@H]21. The van der Waals surface area contributed by atoms with Gasteiger partial charge in [0.2, 0.25) is 0 Å². The van der Waals surface area contributed by atoms with E-state index in [0.717, 1.165) is 36.9 Å². The van der Waals surface area contributed by atoms with Crippen molar-refractivity contribution in [3.8, 4) is 5.69 Å². The van der Waals surface area contributed by atoms with Crippen molar-refractivity contribution in [2.45, 2.75) is 51.1 Å². The van der Waals surface area contributed by atoms with Crippen molar-refractivity contribution >= 4 is 11.9 Å². The normalized spacial score (nSPS) is 25.1. The molecule has 7 heteroatoms. The summed E-state index contributed by atoms with van der Waals surface area (Å²) in [7, 11) is 0. The maximum atomic E-state index is 13.3. The van der Waals surface area contributed by atoms with Gasteiger partial charge in [-0.25, -0.2) is 14.5 Å². The van der Waals surface area contributed by atoms with Crippen LogP contribution in [0.5, 0.6) is 0 Å². The number of carboxylic acid groups (broad SMARTS) is 1. The van der Waals surface area contributed by atoms with E-state index in [2.05, 4.69) is 10.1 Å². The van der Waals surface area contributed by atoms with Gasteiger partial charge in [0.1, 0.15) is 18.7 Å². The topological polar surface area (TPSA) is 88.3 Å². The van der Waals surface area contributed by atoms with Crippen molar-refractivity contribution in [2.75, 3.05) is 0 Å². The molecule has 1 saturated carbocycles. The Morgan fingerprint density at radius 2 is 2.04 bits per heavy atom. The molecular weight excluding hydrogens is 332 g/mol. The van der Waals surface area contributed by atoms with Gasteiger partial charge < -0.3 is 10.0 Å². The molecule has 0 unspecified atom stereocenters. The zero-order valence-corrected chi connectivity index (χ0v) is 14.7. The summed E-state index contributed by atoms with van der Waals surface area (Å²) in [6, 6.07) is 4.80. The van der Waals surface area contributed by atoms with Crippen LogP contribution < -0.4 is 0 Å². The van der Waals surface area contributed by atoms with E-state index in [0.29, 0.717) is 17.9 Å². The van der Waals surface area contributed by atoms with Crippen LogP contribution in [0.2, 0.25) is 0 Å². The third kappa shape index (κ3) is 2.77. The summed E-state index contributed by atoms with van der Waals surface area (Å²) in [6.07, 6.45) is 7.73. The highest BCUT2D eigenvalue weighted by Gasteiger charge is 2.47. The van der Waals surface area contributed by atoms with E-state index < -0.39 is 12.0 Å². The number of nitrogens with zero attached hydrogens (tertiary/aromatic N) is 4. The largest absolute Gasteiger partial charge is 0.480 e. The first-order valence-electron chi connectivity index (χ1n) is 9.07. The molecule has 1 saturated heterocycles. The van der Waals surface area contributed by atoms with Gasteiger partial charge in [-0.3, -0.25) is 4.79 Å². The lowest BCUT2D eigenvalue weighted by Crippen LogP contribution is -2.46. The number of aromatic nitrogens is 3. The van der Waals surface area contributed by atoms with Crippen LogP contribution in [0.25, 0.3) is 5.69 Å². The number of likely N-dealkylation sites (tertiary alicyclic amines) is 1. The van der Waals surface area contributed by atoms with E-state index in [4.69, 9.17) is 0 Å². The second kappa shape index (κ2) is 6.55. The van der Waals surface area contributed by atoms with Crippen molar-refractivity contribution in [1.29, 1.82) is 0 Å². The molecular formula is C19H22N4O3. The minimum absolute atomic E-state index is 0.0479. The molecule has 2 fully saturated rings. The highest BCUT2D eigenvalue weighted by molar-refractivity contribution is 5.98. The minimum Gasteiger partial charge on any atom is -0.480 e. The first-order valence-corrected chi connectivity index (χ1v) is 9.07. The maximum Gasteiger partial charge on any atom is 0.326 e. The van der Waals surface area contributed by atoms with Crippen LogP contribution in [-0.4, -0.2) is 48.7 Å². The summed E-state index contributed by atoms with van der Waals surface area (Å²) in [5.74, 6) is -0.761. The number of aryl methyl sites for hydroxylation is 1. The molecule has 0 bridgehead atoms. The molecule has 1 aliphatic carbocycles. The zero-order chi connectivity index (χ0) is 18.3. The Bertz CT molecular complexity index is 833. The summed E-state index contributed by atoms with van der Waals surface area (Å²) >= 11 is 0. The fourth-order valence-electron chi connectivity index (χ4n) is 4.48. The van der Waals surface area contributed by atoms with E-state index in [1.807, 2.05) is 19.1 Å². The maximum absolute atomic E-state index is 13.3. The molecule has 0 radical (unpaired) electrons. The number of carboxylic acids is 1. The molecule has 4 rings (SSSR count). The van der Waals surface area contributed by atoms with Crippen molar-refractivity contribution in [1.82, 2.24) is 19.7 Å². The van der Waals surface area contributed by atoms with Crippen LogP contribution in [0, 0.1) is 12.8 Å². The van der Waals surface area contributed by atoms with E-state index >= 15 is 0 Å². The Labute approximate surface area is 151 Å². The second-order valence-corrected chi connectivity index (χ2v) is 7.25. The number of amides is 1. The van der Waals surface area contributed by atoms with Gasteiger partial charge in [0.15, 0.2) is 0 Å². The lowest BCUT2D eigenvalue weighted by molar-refractivity contribution is -0.141. The first kappa shape index (κ1) is 16.8. The Morgan fingerprint density at radius 1 is 1.23 bits per heavy atom. The van der Waals surface area contributed by atoms with Crippen LogP contribution in [0.3, 0.4) is 0 Å². The Balaban J connectivity index is 1.66. The number of hydrogen-bond acceptors (Lipinski definition) is 4. The van der Waals surface area contributed by atoms with Gasteiger partial charge in [0.25, 0.3) is 5.91 Å². The molecule has 26 heavy (non-hydrogen) atoms. The predicted octanol–water partition coefficient (Wildman–Crippen LogP) is 2.43. The van der Waals surface area contributed by atoms with E-state index in [9.17, 15) is 14.7 Å². The van der Waals surface area contributed by atoms with Crippen molar-refractivity contribution in [3.63, 3.8) is 0 Å². The number of benzene rings is 1. The average Bonchev–Trinajstić information content (AvgIpc) is 3.29. The van der Waals surface area contributed by atoms with Crippen LogP contribution in [-0.2, 0) is 4.79 Å². The Morgan fingerprint density at radius 3 is 2.73 bits per heavy atom. The fraction of sp³-hybridized carbons (Fsp3) is 0.474. The van der Waals surface area contributed by atoms with Crippen molar-refractivity contribution in [2.24, 2.45) is 5.92 Å². The van der Waals surface area contributed by atoms with Crippen LogP contribution in [0.1, 0.15) is 48.0 Å². The highest BCUT2D eigenvalue weighted by Crippen LogP contribution is 2.40. The number of carbonyl (C=O) groups is 2.